The highest BCUT2D eigenvalue weighted by Gasteiger charge is 2.37. The first-order chi connectivity index (χ1) is 8.20. The van der Waals surface area contributed by atoms with Crippen molar-refractivity contribution in [2.45, 2.75) is 77.6 Å². The van der Waals surface area contributed by atoms with Gasteiger partial charge in [0.2, 0.25) is 0 Å². The maximum Gasteiger partial charge on any atom is 0.192 e. The summed E-state index contributed by atoms with van der Waals surface area (Å²) in [5.41, 5.74) is 0. The molecule has 0 saturated heterocycles. The highest BCUT2D eigenvalue weighted by molar-refractivity contribution is 6.74. The normalized spacial score (nSPS) is 15.3. The lowest BCUT2D eigenvalue weighted by Gasteiger charge is -2.36. The zero-order valence-electron chi connectivity index (χ0n) is 13.1. The summed E-state index contributed by atoms with van der Waals surface area (Å²) in [5, 5.41) is 10.1. The quantitative estimate of drug-likeness (QED) is 0.400. The Morgan fingerprint density at radius 1 is 1.22 bits per heavy atom. The Morgan fingerprint density at radius 2 is 1.83 bits per heavy atom. The van der Waals surface area contributed by atoms with Gasteiger partial charge in [-0.15, -0.1) is 0 Å². The predicted molar refractivity (Wildman–Crippen MR) is 82.4 cm³/mol. The lowest BCUT2D eigenvalue weighted by Crippen LogP contribution is -2.42. The predicted octanol–water partition coefficient (Wildman–Crippen LogP) is 4.51. The van der Waals surface area contributed by atoms with Crippen LogP contribution < -0.4 is 0 Å². The van der Waals surface area contributed by atoms with E-state index in [-0.39, 0.29) is 5.04 Å². The van der Waals surface area contributed by atoms with E-state index in [1.807, 2.05) is 6.08 Å². The molecule has 0 aliphatic carbocycles. The fourth-order valence-electron chi connectivity index (χ4n) is 1.33. The molecule has 2 nitrogen and oxygen atoms in total. The van der Waals surface area contributed by atoms with E-state index in [0.29, 0.717) is 6.61 Å². The van der Waals surface area contributed by atoms with Crippen LogP contribution in [0.25, 0.3) is 0 Å². The van der Waals surface area contributed by atoms with Crippen LogP contribution in [-0.4, -0.2) is 26.1 Å². The van der Waals surface area contributed by atoms with E-state index >= 15 is 0 Å². The molecule has 0 heterocycles. The van der Waals surface area contributed by atoms with Crippen molar-refractivity contribution in [2.24, 2.45) is 0 Å². The second-order valence-corrected chi connectivity index (χ2v) is 11.4. The SMILES string of the molecule is CCCCC/C=C\C(O)CO[Si](C)(C)C(C)(C)C. The monoisotopic (exact) mass is 272 g/mol. The van der Waals surface area contributed by atoms with E-state index in [9.17, 15) is 5.11 Å². The lowest BCUT2D eigenvalue weighted by atomic mass is 10.2. The number of allylic oxidation sites excluding steroid dienone is 1. The van der Waals surface area contributed by atoms with Crippen LogP contribution in [0.2, 0.25) is 18.1 Å². The van der Waals surface area contributed by atoms with Gasteiger partial charge in [0.25, 0.3) is 0 Å². The second-order valence-electron chi connectivity index (χ2n) is 6.56. The first-order valence-electron chi connectivity index (χ1n) is 7.19. The molecule has 0 fully saturated rings. The Kier molecular flexibility index (Phi) is 8.07. The molecule has 0 amide bonds. The van der Waals surface area contributed by atoms with Gasteiger partial charge in [0.05, 0.1) is 12.7 Å². The van der Waals surface area contributed by atoms with Crippen LogP contribution in [-0.2, 0) is 4.43 Å². The number of aliphatic hydroxyl groups is 1. The fourth-order valence-corrected chi connectivity index (χ4v) is 2.35. The molecule has 18 heavy (non-hydrogen) atoms. The molecule has 0 bridgehead atoms. The summed E-state index contributed by atoms with van der Waals surface area (Å²) < 4.78 is 5.97. The molecule has 0 aromatic heterocycles. The molecule has 3 heteroatoms. The van der Waals surface area contributed by atoms with Crippen LogP contribution in [0.5, 0.6) is 0 Å². The summed E-state index contributed by atoms with van der Waals surface area (Å²) in [6.07, 6.45) is 8.28. The van der Waals surface area contributed by atoms with E-state index in [0.717, 1.165) is 6.42 Å². The standard InChI is InChI=1S/C15H32O2Si/c1-7-8-9-10-11-12-14(16)13-17-18(5,6)15(2,3)4/h11-12,14,16H,7-10,13H2,1-6H3/b12-11-. The molecule has 0 aromatic rings. The molecular weight excluding hydrogens is 240 g/mol. The molecule has 108 valence electrons. The topological polar surface area (TPSA) is 29.5 Å². The highest BCUT2D eigenvalue weighted by atomic mass is 28.4. The zero-order chi connectivity index (χ0) is 14.2. The molecule has 1 N–H and O–H groups in total. The summed E-state index contributed by atoms with van der Waals surface area (Å²) in [5.74, 6) is 0. The molecular formula is C15H32O2Si. The summed E-state index contributed by atoms with van der Waals surface area (Å²) >= 11 is 0. The first kappa shape index (κ1) is 17.9. The largest absolute Gasteiger partial charge is 0.414 e. The molecule has 0 aliphatic heterocycles. The number of unbranched alkanes of at least 4 members (excludes halogenated alkanes) is 3. The van der Waals surface area contributed by atoms with E-state index < -0.39 is 14.4 Å². The van der Waals surface area contributed by atoms with Crippen molar-refractivity contribution in [3.63, 3.8) is 0 Å². The molecule has 0 radical (unpaired) electrons. The minimum absolute atomic E-state index is 0.206. The van der Waals surface area contributed by atoms with Crippen LogP contribution in [0.4, 0.5) is 0 Å². The average molecular weight is 273 g/mol. The van der Waals surface area contributed by atoms with Gasteiger partial charge in [-0.05, 0) is 31.0 Å². The Bertz CT molecular complexity index is 241. The van der Waals surface area contributed by atoms with E-state index in [1.54, 1.807) is 0 Å². The number of aliphatic hydroxyl groups excluding tert-OH is 1. The smallest absolute Gasteiger partial charge is 0.192 e. The molecule has 1 unspecified atom stereocenters. The highest BCUT2D eigenvalue weighted by Crippen LogP contribution is 2.36. The van der Waals surface area contributed by atoms with Gasteiger partial charge in [0, 0.05) is 0 Å². The fraction of sp³-hybridized carbons (Fsp3) is 0.867. The van der Waals surface area contributed by atoms with Crippen molar-refractivity contribution in [3.8, 4) is 0 Å². The first-order valence-corrected chi connectivity index (χ1v) is 10.1. The maximum atomic E-state index is 9.85. The van der Waals surface area contributed by atoms with E-state index in [2.05, 4.69) is 46.9 Å². The van der Waals surface area contributed by atoms with Gasteiger partial charge in [-0.25, -0.2) is 0 Å². The average Bonchev–Trinajstić information content (AvgIpc) is 2.24. The molecule has 1 atom stereocenters. The van der Waals surface area contributed by atoms with Gasteiger partial charge in [0.15, 0.2) is 8.32 Å². The lowest BCUT2D eigenvalue weighted by molar-refractivity contribution is 0.135. The zero-order valence-corrected chi connectivity index (χ0v) is 14.1. The van der Waals surface area contributed by atoms with Crippen LogP contribution in [0.15, 0.2) is 12.2 Å². The van der Waals surface area contributed by atoms with Crippen LogP contribution in [0.3, 0.4) is 0 Å². The molecule has 0 aromatic carbocycles. The van der Waals surface area contributed by atoms with Gasteiger partial charge in [-0.2, -0.15) is 0 Å². The summed E-state index contributed by atoms with van der Waals surface area (Å²) in [6, 6.07) is 0. The van der Waals surface area contributed by atoms with Gasteiger partial charge >= 0.3 is 0 Å². The minimum Gasteiger partial charge on any atom is -0.414 e. The van der Waals surface area contributed by atoms with E-state index in [1.165, 1.54) is 19.3 Å². The number of hydrogen-bond donors (Lipinski definition) is 1. The van der Waals surface area contributed by atoms with Crippen LogP contribution >= 0.6 is 0 Å². The van der Waals surface area contributed by atoms with Crippen molar-refractivity contribution in [1.82, 2.24) is 0 Å². The third kappa shape index (κ3) is 7.34. The van der Waals surface area contributed by atoms with Crippen LogP contribution in [0.1, 0.15) is 53.4 Å². The van der Waals surface area contributed by atoms with Gasteiger partial charge in [-0.3, -0.25) is 0 Å². The number of rotatable bonds is 8. The second kappa shape index (κ2) is 8.13. The molecule has 0 rings (SSSR count). The number of hydrogen-bond acceptors (Lipinski definition) is 2. The van der Waals surface area contributed by atoms with Gasteiger partial charge in [0.1, 0.15) is 0 Å². The Balaban J connectivity index is 3.93. The molecule has 0 saturated carbocycles. The van der Waals surface area contributed by atoms with Crippen molar-refractivity contribution in [2.75, 3.05) is 6.61 Å². The van der Waals surface area contributed by atoms with Crippen molar-refractivity contribution in [3.05, 3.63) is 12.2 Å². The third-order valence-corrected chi connectivity index (χ3v) is 8.25. The van der Waals surface area contributed by atoms with Crippen molar-refractivity contribution in [1.29, 1.82) is 0 Å². The van der Waals surface area contributed by atoms with Crippen molar-refractivity contribution >= 4 is 8.32 Å². The maximum absolute atomic E-state index is 9.85. The van der Waals surface area contributed by atoms with Gasteiger partial charge < -0.3 is 9.53 Å². The summed E-state index contributed by atoms with van der Waals surface area (Å²) in [6.45, 7) is 13.7. The van der Waals surface area contributed by atoms with Crippen LogP contribution in [0, 0.1) is 0 Å². The van der Waals surface area contributed by atoms with E-state index in [4.69, 9.17) is 4.43 Å². The minimum atomic E-state index is -1.72. The summed E-state index contributed by atoms with van der Waals surface area (Å²) in [4.78, 5) is 0. The van der Waals surface area contributed by atoms with Gasteiger partial charge in [-0.1, -0.05) is 52.7 Å². The molecule has 0 aliphatic rings. The summed E-state index contributed by atoms with van der Waals surface area (Å²) in [7, 11) is -1.72. The Morgan fingerprint density at radius 3 is 2.33 bits per heavy atom. The third-order valence-electron chi connectivity index (χ3n) is 3.75. The molecule has 0 spiro atoms. The Hall–Kier alpha value is -0.123. The van der Waals surface area contributed by atoms with Crippen molar-refractivity contribution < 1.29 is 9.53 Å². The Labute approximate surface area is 115 Å².